The van der Waals surface area contributed by atoms with E-state index < -0.39 is 5.82 Å². The lowest BCUT2D eigenvalue weighted by atomic mass is 10.0. The van der Waals surface area contributed by atoms with Crippen LogP contribution in [-0.4, -0.2) is 17.5 Å². The lowest BCUT2D eigenvalue weighted by Crippen LogP contribution is -2.20. The maximum atomic E-state index is 13.7. The summed E-state index contributed by atoms with van der Waals surface area (Å²) in [5.41, 5.74) is 2.32. The Hall–Kier alpha value is -1.99. The second kappa shape index (κ2) is 7.72. The number of halogens is 2. The zero-order valence-electron chi connectivity index (χ0n) is 14.6. The molecule has 1 heterocycles. The number of amides is 1. The first-order valence-electron chi connectivity index (χ1n) is 8.13. The number of aromatic nitrogens is 1. The van der Waals surface area contributed by atoms with Crippen LogP contribution in [0.15, 0.2) is 34.8 Å². The number of ether oxygens (including phenoxy) is 1. The van der Waals surface area contributed by atoms with Gasteiger partial charge in [-0.1, -0.05) is 47.2 Å². The third-order valence-electron chi connectivity index (χ3n) is 3.89. The molecule has 3 rings (SSSR count). The number of benzene rings is 2. The molecule has 26 heavy (non-hydrogen) atoms. The molecule has 136 valence electrons. The van der Waals surface area contributed by atoms with Gasteiger partial charge in [0.1, 0.15) is 17.1 Å². The number of para-hydroxylation sites is 1. The van der Waals surface area contributed by atoms with Gasteiger partial charge in [0.25, 0.3) is 5.91 Å². The van der Waals surface area contributed by atoms with Crippen LogP contribution in [0.3, 0.4) is 0 Å². The van der Waals surface area contributed by atoms with E-state index >= 15 is 0 Å². The second-order valence-electron chi connectivity index (χ2n) is 6.24. The van der Waals surface area contributed by atoms with E-state index in [2.05, 4.69) is 40.1 Å². The van der Waals surface area contributed by atoms with Gasteiger partial charge in [0.2, 0.25) is 0 Å². The van der Waals surface area contributed by atoms with Crippen molar-refractivity contribution in [2.24, 2.45) is 0 Å². The number of rotatable bonds is 5. The van der Waals surface area contributed by atoms with E-state index in [-0.39, 0.29) is 23.9 Å². The molecule has 4 nitrogen and oxygen atoms in total. The van der Waals surface area contributed by atoms with Gasteiger partial charge in [-0.2, -0.15) is 0 Å². The Morgan fingerprint density at radius 1 is 1.38 bits per heavy atom. The lowest BCUT2D eigenvalue weighted by molar-refractivity contribution is -0.118. The smallest absolute Gasteiger partial charge is 0.264 e. The monoisotopic (exact) mass is 436 g/mol. The molecule has 2 aromatic carbocycles. The van der Waals surface area contributed by atoms with Crippen molar-refractivity contribution in [3.8, 4) is 5.75 Å². The lowest BCUT2D eigenvalue weighted by Gasteiger charge is -2.15. The zero-order valence-corrected chi connectivity index (χ0v) is 17.0. The van der Waals surface area contributed by atoms with Gasteiger partial charge in [-0.3, -0.25) is 10.1 Å². The third kappa shape index (κ3) is 4.04. The number of aryl methyl sites for hydroxylation is 1. The van der Waals surface area contributed by atoms with Crippen LogP contribution in [0.4, 0.5) is 9.52 Å². The van der Waals surface area contributed by atoms with Gasteiger partial charge in [0.05, 0.1) is 4.70 Å². The quantitative estimate of drug-likeness (QED) is 0.562. The number of anilines is 1. The Balaban J connectivity index is 1.71. The minimum atomic E-state index is -0.401. The minimum absolute atomic E-state index is 0.140. The van der Waals surface area contributed by atoms with Gasteiger partial charge in [0, 0.05) is 4.47 Å². The van der Waals surface area contributed by atoms with Crippen LogP contribution in [0.5, 0.6) is 5.75 Å². The molecule has 1 N–H and O–H groups in total. The molecule has 0 aliphatic rings. The Bertz CT molecular complexity index is 972. The van der Waals surface area contributed by atoms with E-state index in [0.717, 1.165) is 15.6 Å². The van der Waals surface area contributed by atoms with E-state index in [0.29, 0.717) is 15.6 Å². The van der Waals surface area contributed by atoms with Gasteiger partial charge in [-0.15, -0.1) is 0 Å². The van der Waals surface area contributed by atoms with Crippen LogP contribution >= 0.6 is 27.3 Å². The predicted molar refractivity (Wildman–Crippen MR) is 107 cm³/mol. The molecule has 0 aliphatic carbocycles. The predicted octanol–water partition coefficient (Wildman–Crippen LogP) is 5.65. The van der Waals surface area contributed by atoms with Crippen molar-refractivity contribution in [2.45, 2.75) is 26.7 Å². The molecule has 7 heteroatoms. The van der Waals surface area contributed by atoms with Gasteiger partial charge in [0.15, 0.2) is 11.7 Å². The van der Waals surface area contributed by atoms with Gasteiger partial charge in [-0.05, 0) is 48.2 Å². The first-order valence-corrected chi connectivity index (χ1v) is 9.74. The Labute approximate surface area is 163 Å². The first kappa shape index (κ1) is 18.8. The SMILES string of the molecule is Cc1cc(OCC(=O)Nc2nc3c(F)cccc3s2)c(C(C)C)cc1Br. The van der Waals surface area contributed by atoms with Gasteiger partial charge < -0.3 is 4.74 Å². The highest BCUT2D eigenvalue weighted by atomic mass is 79.9. The molecule has 0 fully saturated rings. The van der Waals surface area contributed by atoms with E-state index in [1.165, 1.54) is 17.4 Å². The molecule has 3 aromatic rings. The van der Waals surface area contributed by atoms with Crippen LogP contribution in [0.2, 0.25) is 0 Å². The summed E-state index contributed by atoms with van der Waals surface area (Å²) in [6.07, 6.45) is 0. The number of hydrogen-bond acceptors (Lipinski definition) is 4. The van der Waals surface area contributed by atoms with Crippen LogP contribution in [0.1, 0.15) is 30.9 Å². The maximum Gasteiger partial charge on any atom is 0.264 e. The molecule has 0 saturated heterocycles. The topological polar surface area (TPSA) is 51.2 Å². The number of fused-ring (bicyclic) bond motifs is 1. The molecule has 0 aliphatic heterocycles. The van der Waals surface area contributed by atoms with Crippen molar-refractivity contribution in [1.82, 2.24) is 4.98 Å². The summed E-state index contributed by atoms with van der Waals surface area (Å²) in [6.45, 7) is 5.97. The standard InChI is InChI=1S/C19H18BrFN2O2S/c1-10(2)12-8-13(20)11(3)7-15(12)25-9-17(24)22-19-23-18-14(21)5-4-6-16(18)26-19/h4-8,10H,9H2,1-3H3,(H,22,23,24). The molecule has 0 saturated carbocycles. The normalized spacial score (nSPS) is 11.2. The van der Waals surface area contributed by atoms with Gasteiger partial charge in [-0.25, -0.2) is 9.37 Å². The molecule has 0 bridgehead atoms. The van der Waals surface area contributed by atoms with Crippen molar-refractivity contribution in [3.05, 3.63) is 51.7 Å². The number of thiazole rings is 1. The average Bonchev–Trinajstić information content (AvgIpc) is 2.99. The number of carbonyl (C=O) groups excluding carboxylic acids is 1. The highest BCUT2D eigenvalue weighted by molar-refractivity contribution is 9.10. The maximum absolute atomic E-state index is 13.7. The zero-order chi connectivity index (χ0) is 18.8. The van der Waals surface area contributed by atoms with Crippen molar-refractivity contribution < 1.29 is 13.9 Å². The van der Waals surface area contributed by atoms with Crippen molar-refractivity contribution in [3.63, 3.8) is 0 Å². The third-order valence-corrected chi connectivity index (χ3v) is 5.68. The summed E-state index contributed by atoms with van der Waals surface area (Å²) in [7, 11) is 0. The Morgan fingerprint density at radius 3 is 2.85 bits per heavy atom. The van der Waals surface area contributed by atoms with Crippen molar-refractivity contribution in [2.75, 3.05) is 11.9 Å². The molecular formula is C19H18BrFN2O2S. The largest absolute Gasteiger partial charge is 0.483 e. The van der Waals surface area contributed by atoms with Crippen molar-refractivity contribution in [1.29, 1.82) is 0 Å². The number of hydrogen-bond donors (Lipinski definition) is 1. The van der Waals surface area contributed by atoms with Crippen LogP contribution in [0.25, 0.3) is 10.2 Å². The van der Waals surface area contributed by atoms with E-state index in [1.807, 2.05) is 19.1 Å². The molecule has 1 amide bonds. The van der Waals surface area contributed by atoms with Crippen LogP contribution in [0, 0.1) is 12.7 Å². The Morgan fingerprint density at radius 2 is 2.15 bits per heavy atom. The molecule has 0 radical (unpaired) electrons. The molecule has 0 atom stereocenters. The molecule has 1 aromatic heterocycles. The van der Waals surface area contributed by atoms with E-state index in [9.17, 15) is 9.18 Å². The van der Waals surface area contributed by atoms with Crippen LogP contribution < -0.4 is 10.1 Å². The van der Waals surface area contributed by atoms with E-state index in [1.54, 1.807) is 12.1 Å². The first-order chi connectivity index (χ1) is 12.3. The number of nitrogens with one attached hydrogen (secondary N) is 1. The Kier molecular flexibility index (Phi) is 5.58. The summed E-state index contributed by atoms with van der Waals surface area (Å²) in [5.74, 6) is 0.213. The number of nitrogens with zero attached hydrogens (tertiary/aromatic N) is 1. The number of carbonyl (C=O) groups is 1. The second-order valence-corrected chi connectivity index (χ2v) is 8.12. The molecular weight excluding hydrogens is 419 g/mol. The van der Waals surface area contributed by atoms with Crippen molar-refractivity contribution >= 4 is 48.5 Å². The molecule has 0 unspecified atom stereocenters. The highest BCUT2D eigenvalue weighted by Gasteiger charge is 2.14. The summed E-state index contributed by atoms with van der Waals surface area (Å²) in [6, 6.07) is 8.67. The summed E-state index contributed by atoms with van der Waals surface area (Å²) in [4.78, 5) is 16.3. The fourth-order valence-corrected chi connectivity index (χ4v) is 3.77. The highest BCUT2D eigenvalue weighted by Crippen LogP contribution is 2.32. The summed E-state index contributed by atoms with van der Waals surface area (Å²) < 4.78 is 21.1. The van der Waals surface area contributed by atoms with Gasteiger partial charge >= 0.3 is 0 Å². The van der Waals surface area contributed by atoms with E-state index in [4.69, 9.17) is 4.74 Å². The fourth-order valence-electron chi connectivity index (χ4n) is 2.51. The molecule has 0 spiro atoms. The summed E-state index contributed by atoms with van der Waals surface area (Å²) in [5, 5.41) is 3.03. The minimum Gasteiger partial charge on any atom is -0.483 e. The average molecular weight is 437 g/mol. The van der Waals surface area contributed by atoms with Crippen LogP contribution in [-0.2, 0) is 4.79 Å². The summed E-state index contributed by atoms with van der Waals surface area (Å²) >= 11 is 4.75. The fraction of sp³-hybridized carbons (Fsp3) is 0.263.